The van der Waals surface area contributed by atoms with Gasteiger partial charge in [0.25, 0.3) is 0 Å². The molecule has 104 valence electrons. The third kappa shape index (κ3) is 3.08. The maximum absolute atomic E-state index is 13.2. The number of rotatable bonds is 2. The summed E-state index contributed by atoms with van der Waals surface area (Å²) in [6.45, 7) is 0. The number of benzene rings is 2. The predicted molar refractivity (Wildman–Crippen MR) is 81.1 cm³/mol. The second-order valence-electron chi connectivity index (χ2n) is 4.40. The molecule has 0 amide bonds. The van der Waals surface area contributed by atoms with Crippen molar-refractivity contribution in [2.24, 2.45) is 4.99 Å². The minimum atomic E-state index is -0.544. The van der Waals surface area contributed by atoms with Gasteiger partial charge in [0.1, 0.15) is 5.82 Å². The summed E-state index contributed by atoms with van der Waals surface area (Å²) in [4.78, 5) is 15.9. The molecule has 2 aromatic rings. The van der Waals surface area contributed by atoms with Gasteiger partial charge in [-0.3, -0.25) is 0 Å². The molecule has 0 bridgehead atoms. The largest absolute Gasteiger partial charge is 0.402 e. The van der Waals surface area contributed by atoms with E-state index in [0.29, 0.717) is 5.56 Å². The van der Waals surface area contributed by atoms with Crippen LogP contribution >= 0.6 is 15.9 Å². The van der Waals surface area contributed by atoms with Crippen molar-refractivity contribution in [3.63, 3.8) is 0 Å². The van der Waals surface area contributed by atoms with Crippen LogP contribution in [0.15, 0.2) is 63.7 Å². The van der Waals surface area contributed by atoms with Crippen LogP contribution in [0.3, 0.4) is 0 Å². The molecule has 0 saturated heterocycles. The highest BCUT2D eigenvalue weighted by Crippen LogP contribution is 2.20. The molecule has 21 heavy (non-hydrogen) atoms. The number of ether oxygens (including phenoxy) is 1. The van der Waals surface area contributed by atoms with Crippen molar-refractivity contribution in [2.45, 2.75) is 0 Å². The number of cyclic esters (lactones) is 1. The van der Waals surface area contributed by atoms with Crippen molar-refractivity contribution in [2.75, 3.05) is 0 Å². The number of nitrogens with zero attached hydrogens (tertiary/aromatic N) is 1. The van der Waals surface area contributed by atoms with Crippen LogP contribution in [0.25, 0.3) is 6.08 Å². The zero-order valence-corrected chi connectivity index (χ0v) is 12.3. The molecule has 5 heteroatoms. The Kier molecular flexibility index (Phi) is 3.66. The first kappa shape index (κ1) is 13.7. The highest BCUT2D eigenvalue weighted by atomic mass is 79.9. The van der Waals surface area contributed by atoms with Crippen LogP contribution in [-0.4, -0.2) is 11.9 Å². The van der Waals surface area contributed by atoms with E-state index in [-0.39, 0.29) is 11.6 Å². The number of carbonyl (C=O) groups is 1. The Hall–Kier alpha value is -2.27. The highest BCUT2D eigenvalue weighted by Gasteiger charge is 2.24. The van der Waals surface area contributed by atoms with E-state index in [1.807, 2.05) is 24.3 Å². The van der Waals surface area contributed by atoms with Crippen LogP contribution in [0.4, 0.5) is 4.39 Å². The molecule has 0 aliphatic carbocycles. The Labute approximate surface area is 128 Å². The lowest BCUT2D eigenvalue weighted by Crippen LogP contribution is -2.05. The van der Waals surface area contributed by atoms with E-state index in [1.165, 1.54) is 18.2 Å². The molecule has 0 saturated carbocycles. The summed E-state index contributed by atoms with van der Waals surface area (Å²) in [6, 6.07) is 13.2. The van der Waals surface area contributed by atoms with Gasteiger partial charge in [-0.05, 0) is 42.0 Å². The lowest BCUT2D eigenvalue weighted by atomic mass is 10.2. The van der Waals surface area contributed by atoms with Crippen LogP contribution in [0.1, 0.15) is 11.1 Å². The summed E-state index contributed by atoms with van der Waals surface area (Å²) in [7, 11) is 0. The van der Waals surface area contributed by atoms with Gasteiger partial charge in [-0.1, -0.05) is 34.1 Å². The Morgan fingerprint density at radius 3 is 2.62 bits per heavy atom. The van der Waals surface area contributed by atoms with E-state index in [1.54, 1.807) is 12.1 Å². The smallest absolute Gasteiger partial charge is 0.363 e. The molecule has 0 spiro atoms. The molecule has 0 radical (unpaired) electrons. The van der Waals surface area contributed by atoms with E-state index < -0.39 is 11.8 Å². The quantitative estimate of drug-likeness (QED) is 0.610. The number of hydrogen-bond donors (Lipinski definition) is 0. The molecular formula is C16H9BrFNO2. The lowest BCUT2D eigenvalue weighted by molar-refractivity contribution is -0.129. The Morgan fingerprint density at radius 1 is 1.14 bits per heavy atom. The van der Waals surface area contributed by atoms with E-state index in [2.05, 4.69) is 20.9 Å². The van der Waals surface area contributed by atoms with Gasteiger partial charge >= 0.3 is 5.97 Å². The second-order valence-corrected chi connectivity index (χ2v) is 5.31. The van der Waals surface area contributed by atoms with Gasteiger partial charge < -0.3 is 4.74 Å². The number of halogens is 2. The Morgan fingerprint density at radius 2 is 1.90 bits per heavy atom. The van der Waals surface area contributed by atoms with Gasteiger partial charge in [-0.2, -0.15) is 0 Å². The summed E-state index contributed by atoms with van der Waals surface area (Å²) in [5, 5.41) is 0. The van der Waals surface area contributed by atoms with Gasteiger partial charge in [0.05, 0.1) is 0 Å². The average Bonchev–Trinajstić information content (AvgIpc) is 2.83. The number of hydrogen-bond acceptors (Lipinski definition) is 3. The van der Waals surface area contributed by atoms with Crippen molar-refractivity contribution in [1.82, 2.24) is 0 Å². The molecular weight excluding hydrogens is 337 g/mol. The number of carbonyl (C=O) groups excluding carboxylic acids is 1. The van der Waals surface area contributed by atoms with Crippen LogP contribution < -0.4 is 0 Å². The summed E-state index contributed by atoms with van der Waals surface area (Å²) in [6.07, 6.45) is 1.63. The zero-order valence-electron chi connectivity index (χ0n) is 10.7. The van der Waals surface area contributed by atoms with Crippen molar-refractivity contribution >= 4 is 33.9 Å². The van der Waals surface area contributed by atoms with E-state index in [0.717, 1.165) is 10.0 Å². The Bertz CT molecular complexity index is 766. The van der Waals surface area contributed by atoms with Crippen LogP contribution in [-0.2, 0) is 9.53 Å². The Balaban J connectivity index is 1.93. The van der Waals surface area contributed by atoms with E-state index in [4.69, 9.17) is 4.74 Å². The molecule has 0 N–H and O–H groups in total. The molecule has 3 nitrogen and oxygen atoms in total. The predicted octanol–water partition coefficient (Wildman–Crippen LogP) is 3.93. The average molecular weight is 346 g/mol. The lowest BCUT2D eigenvalue weighted by Gasteiger charge is -1.98. The summed E-state index contributed by atoms with van der Waals surface area (Å²) >= 11 is 3.34. The minimum absolute atomic E-state index is 0.114. The third-order valence-electron chi connectivity index (χ3n) is 2.87. The minimum Gasteiger partial charge on any atom is -0.402 e. The van der Waals surface area contributed by atoms with Crippen molar-refractivity contribution in [3.8, 4) is 0 Å². The number of aliphatic imine (C=N–C) groups is 1. The molecule has 1 heterocycles. The first-order valence-corrected chi connectivity index (χ1v) is 6.95. The van der Waals surface area contributed by atoms with Gasteiger partial charge in [0.2, 0.25) is 5.90 Å². The molecule has 2 aromatic carbocycles. The fourth-order valence-electron chi connectivity index (χ4n) is 1.87. The topological polar surface area (TPSA) is 38.7 Å². The highest BCUT2D eigenvalue weighted by molar-refractivity contribution is 9.10. The van der Waals surface area contributed by atoms with Crippen LogP contribution in [0, 0.1) is 5.82 Å². The molecule has 0 fully saturated rings. The van der Waals surface area contributed by atoms with Crippen molar-refractivity contribution < 1.29 is 13.9 Å². The second kappa shape index (κ2) is 5.61. The van der Waals surface area contributed by atoms with Gasteiger partial charge in [-0.25, -0.2) is 14.2 Å². The van der Waals surface area contributed by atoms with Crippen LogP contribution in [0.5, 0.6) is 0 Å². The normalized spacial score (nSPS) is 16.0. The fourth-order valence-corrected chi connectivity index (χ4v) is 2.14. The standard InChI is InChI=1S/C16H9BrFNO2/c17-12-6-4-10(5-7-12)8-14-16(20)21-15(19-14)11-2-1-3-13(18)9-11/h1-9H/b14-8+. The zero-order chi connectivity index (χ0) is 14.8. The molecule has 0 atom stereocenters. The molecule has 1 aliphatic rings. The number of esters is 1. The molecule has 1 aliphatic heterocycles. The molecule has 3 rings (SSSR count). The summed E-state index contributed by atoms with van der Waals surface area (Å²) in [5.41, 5.74) is 1.45. The molecule has 0 aromatic heterocycles. The van der Waals surface area contributed by atoms with E-state index in [9.17, 15) is 9.18 Å². The molecule has 0 unspecified atom stereocenters. The summed E-state index contributed by atoms with van der Waals surface area (Å²) < 4.78 is 19.2. The van der Waals surface area contributed by atoms with Gasteiger partial charge in [0, 0.05) is 10.0 Å². The van der Waals surface area contributed by atoms with Gasteiger partial charge in [-0.15, -0.1) is 0 Å². The fraction of sp³-hybridized carbons (Fsp3) is 0. The maximum atomic E-state index is 13.2. The monoisotopic (exact) mass is 345 g/mol. The van der Waals surface area contributed by atoms with E-state index >= 15 is 0 Å². The van der Waals surface area contributed by atoms with Crippen molar-refractivity contribution in [3.05, 3.63) is 75.6 Å². The third-order valence-corrected chi connectivity index (χ3v) is 3.39. The maximum Gasteiger partial charge on any atom is 0.363 e. The SMILES string of the molecule is O=C1OC(c2cccc(F)c2)=N/C1=C/c1ccc(Br)cc1. The van der Waals surface area contributed by atoms with Gasteiger partial charge in [0.15, 0.2) is 5.70 Å². The van der Waals surface area contributed by atoms with Crippen molar-refractivity contribution in [1.29, 1.82) is 0 Å². The first-order valence-electron chi connectivity index (χ1n) is 6.16. The summed E-state index contributed by atoms with van der Waals surface area (Å²) in [5.74, 6) is -0.836. The first-order chi connectivity index (χ1) is 10.1. The van der Waals surface area contributed by atoms with Crippen LogP contribution in [0.2, 0.25) is 0 Å².